The zero-order chi connectivity index (χ0) is 10.7. The monoisotopic (exact) mass is 268 g/mol. The summed E-state index contributed by atoms with van der Waals surface area (Å²) in [5.74, 6) is 1.25. The van der Waals surface area contributed by atoms with Gasteiger partial charge in [0.15, 0.2) is 0 Å². The smallest absolute Gasteiger partial charge is 0.252 e. The normalized spacial score (nSPS) is 10.5. The zero-order valence-corrected chi connectivity index (χ0v) is 9.42. The molecule has 0 saturated carbocycles. The Bertz CT molecular complexity index is 440. The lowest BCUT2D eigenvalue weighted by Gasteiger charge is -2.01. The molecule has 0 radical (unpaired) electrons. The van der Waals surface area contributed by atoms with Crippen LogP contribution in [-0.2, 0) is 6.42 Å². The molecule has 0 spiro atoms. The van der Waals surface area contributed by atoms with E-state index in [1.165, 1.54) is 0 Å². The Morgan fingerprint density at radius 3 is 2.73 bits per heavy atom. The molecule has 0 aliphatic carbocycles. The average molecular weight is 269 g/mol. The lowest BCUT2D eigenvalue weighted by atomic mass is 10.4. The highest BCUT2D eigenvalue weighted by molar-refractivity contribution is 9.10. The van der Waals surface area contributed by atoms with E-state index in [9.17, 15) is 0 Å². The van der Waals surface area contributed by atoms with Crippen LogP contribution in [0.25, 0.3) is 5.95 Å². The van der Waals surface area contributed by atoms with Gasteiger partial charge < -0.3 is 5.73 Å². The molecule has 15 heavy (non-hydrogen) atoms. The minimum atomic E-state index is 0.499. The van der Waals surface area contributed by atoms with Crippen molar-refractivity contribution in [3.63, 3.8) is 0 Å². The van der Waals surface area contributed by atoms with E-state index in [4.69, 9.17) is 5.73 Å². The second kappa shape index (κ2) is 4.45. The summed E-state index contributed by atoms with van der Waals surface area (Å²) in [7, 11) is 0. The van der Waals surface area contributed by atoms with Crippen LogP contribution in [-0.4, -0.2) is 31.3 Å². The van der Waals surface area contributed by atoms with Crippen molar-refractivity contribution >= 4 is 15.9 Å². The van der Waals surface area contributed by atoms with E-state index in [2.05, 4.69) is 36.0 Å². The fourth-order valence-electron chi connectivity index (χ4n) is 1.17. The molecule has 6 nitrogen and oxygen atoms in total. The van der Waals surface area contributed by atoms with Crippen molar-refractivity contribution in [3.8, 4) is 5.95 Å². The predicted octanol–water partition coefficient (Wildman–Crippen LogP) is 0.321. The van der Waals surface area contributed by atoms with Gasteiger partial charge in [-0.05, 0) is 28.5 Å². The maximum absolute atomic E-state index is 5.48. The molecule has 0 aromatic carbocycles. The molecule has 0 aliphatic heterocycles. The number of halogens is 1. The summed E-state index contributed by atoms with van der Waals surface area (Å²) in [5, 5.41) is 4.14. The lowest BCUT2D eigenvalue weighted by molar-refractivity contribution is 0.733. The van der Waals surface area contributed by atoms with E-state index in [-0.39, 0.29) is 0 Å². The Balaban J connectivity index is 2.43. The van der Waals surface area contributed by atoms with Crippen molar-refractivity contribution in [2.24, 2.45) is 5.73 Å². The van der Waals surface area contributed by atoms with Crippen LogP contribution in [0.2, 0.25) is 0 Å². The minimum Gasteiger partial charge on any atom is -0.330 e. The van der Waals surface area contributed by atoms with E-state index >= 15 is 0 Å². The molecular weight excluding hydrogens is 260 g/mol. The van der Waals surface area contributed by atoms with E-state index in [0.29, 0.717) is 23.6 Å². The Morgan fingerprint density at radius 1 is 1.33 bits per heavy atom. The number of aromatic nitrogens is 5. The second-order valence-electron chi connectivity index (χ2n) is 2.80. The van der Waals surface area contributed by atoms with Gasteiger partial charge in [0.05, 0.1) is 0 Å². The van der Waals surface area contributed by atoms with Gasteiger partial charge in [-0.15, -0.1) is 5.10 Å². The molecular formula is C8H9BrN6. The van der Waals surface area contributed by atoms with Crippen LogP contribution in [0.3, 0.4) is 0 Å². The van der Waals surface area contributed by atoms with Crippen LogP contribution >= 0.6 is 15.9 Å². The van der Waals surface area contributed by atoms with Crippen LogP contribution in [0.5, 0.6) is 0 Å². The number of hydrogen-bond donors (Lipinski definition) is 1. The molecule has 2 N–H and O–H groups in total. The number of nitrogens with two attached hydrogens (primary N) is 1. The quantitative estimate of drug-likeness (QED) is 0.867. The van der Waals surface area contributed by atoms with Crippen molar-refractivity contribution in [1.82, 2.24) is 24.7 Å². The van der Waals surface area contributed by atoms with Gasteiger partial charge in [-0.3, -0.25) is 0 Å². The third kappa shape index (κ3) is 2.18. The zero-order valence-electron chi connectivity index (χ0n) is 7.84. The molecule has 0 bridgehead atoms. The summed E-state index contributed by atoms with van der Waals surface area (Å²) in [6.07, 6.45) is 3.95. The molecule has 0 unspecified atom stereocenters. The summed E-state index contributed by atoms with van der Waals surface area (Å²) in [5.41, 5.74) is 5.48. The second-order valence-corrected chi connectivity index (χ2v) is 3.51. The van der Waals surface area contributed by atoms with Crippen molar-refractivity contribution in [2.45, 2.75) is 6.42 Å². The summed E-state index contributed by atoms with van der Waals surface area (Å²) < 4.78 is 2.09. The first kappa shape index (κ1) is 10.2. The first-order valence-electron chi connectivity index (χ1n) is 4.40. The maximum Gasteiger partial charge on any atom is 0.252 e. The molecule has 0 fully saturated rings. The Labute approximate surface area is 94.7 Å². The van der Waals surface area contributed by atoms with E-state index in [1.54, 1.807) is 23.1 Å². The molecule has 0 atom stereocenters. The fourth-order valence-corrected chi connectivity index (χ4v) is 1.53. The molecule has 0 amide bonds. The van der Waals surface area contributed by atoms with Crippen molar-refractivity contribution < 1.29 is 0 Å². The SMILES string of the molecule is NCCc1nc(Br)nn1-c1ncccn1. The third-order valence-electron chi connectivity index (χ3n) is 1.76. The van der Waals surface area contributed by atoms with Gasteiger partial charge in [0, 0.05) is 18.8 Å². The maximum atomic E-state index is 5.48. The molecule has 7 heteroatoms. The molecule has 78 valence electrons. The van der Waals surface area contributed by atoms with Gasteiger partial charge in [-0.2, -0.15) is 4.68 Å². The predicted molar refractivity (Wildman–Crippen MR) is 57.4 cm³/mol. The van der Waals surface area contributed by atoms with Gasteiger partial charge in [0.25, 0.3) is 5.95 Å². The highest BCUT2D eigenvalue weighted by Crippen LogP contribution is 2.08. The standard InChI is InChI=1S/C8H9BrN6/c9-7-13-6(2-3-10)15(14-7)8-11-4-1-5-12-8/h1,4-5H,2-3,10H2. The fraction of sp³-hybridized carbons (Fsp3) is 0.250. The molecule has 2 aromatic rings. The molecule has 2 aromatic heterocycles. The van der Waals surface area contributed by atoms with E-state index in [1.807, 2.05) is 0 Å². The lowest BCUT2D eigenvalue weighted by Crippen LogP contribution is -2.11. The van der Waals surface area contributed by atoms with Crippen LogP contribution in [0.4, 0.5) is 0 Å². The van der Waals surface area contributed by atoms with Gasteiger partial charge in [0.2, 0.25) is 4.73 Å². The molecule has 2 heterocycles. The minimum absolute atomic E-state index is 0.499. The first-order valence-corrected chi connectivity index (χ1v) is 5.19. The van der Waals surface area contributed by atoms with E-state index < -0.39 is 0 Å². The average Bonchev–Trinajstić information content (AvgIpc) is 2.62. The highest BCUT2D eigenvalue weighted by atomic mass is 79.9. The summed E-state index contributed by atoms with van der Waals surface area (Å²) >= 11 is 3.21. The summed E-state index contributed by atoms with van der Waals surface area (Å²) in [6.45, 7) is 0.512. The van der Waals surface area contributed by atoms with Crippen LogP contribution in [0, 0.1) is 0 Å². The Morgan fingerprint density at radius 2 is 2.07 bits per heavy atom. The van der Waals surface area contributed by atoms with Crippen molar-refractivity contribution in [1.29, 1.82) is 0 Å². The topological polar surface area (TPSA) is 82.5 Å². The highest BCUT2D eigenvalue weighted by Gasteiger charge is 2.10. The Kier molecular flexibility index (Phi) is 3.02. The van der Waals surface area contributed by atoms with Gasteiger partial charge in [0.1, 0.15) is 5.82 Å². The summed E-state index contributed by atoms with van der Waals surface area (Å²) in [4.78, 5) is 12.4. The van der Waals surface area contributed by atoms with Crippen LogP contribution in [0.1, 0.15) is 5.82 Å². The van der Waals surface area contributed by atoms with Gasteiger partial charge in [-0.25, -0.2) is 15.0 Å². The van der Waals surface area contributed by atoms with Gasteiger partial charge >= 0.3 is 0 Å². The van der Waals surface area contributed by atoms with Crippen LogP contribution in [0.15, 0.2) is 23.2 Å². The molecule has 2 rings (SSSR count). The van der Waals surface area contributed by atoms with Crippen molar-refractivity contribution in [3.05, 3.63) is 29.0 Å². The van der Waals surface area contributed by atoms with E-state index in [0.717, 1.165) is 5.82 Å². The van der Waals surface area contributed by atoms with Gasteiger partial charge in [-0.1, -0.05) is 0 Å². The van der Waals surface area contributed by atoms with Crippen LogP contribution < -0.4 is 5.73 Å². The first-order chi connectivity index (χ1) is 7.31. The number of nitrogens with zero attached hydrogens (tertiary/aromatic N) is 5. The van der Waals surface area contributed by atoms with Crippen molar-refractivity contribution in [2.75, 3.05) is 6.54 Å². The number of hydrogen-bond acceptors (Lipinski definition) is 5. The molecule has 0 saturated heterocycles. The largest absolute Gasteiger partial charge is 0.330 e. The summed E-state index contributed by atoms with van der Waals surface area (Å²) in [6, 6.07) is 1.75. The Hall–Kier alpha value is -1.34. The molecule has 0 aliphatic rings. The third-order valence-corrected chi connectivity index (χ3v) is 2.09. The number of rotatable bonds is 3.